The molecule has 1 aliphatic rings. The number of benzene rings is 1. The molecule has 0 spiro atoms. The highest BCUT2D eigenvalue weighted by Gasteiger charge is 2.46. The molecule has 3 heteroatoms. The number of aromatic nitrogens is 1. The predicted molar refractivity (Wildman–Crippen MR) is 64.0 cm³/mol. The lowest BCUT2D eigenvalue weighted by Crippen LogP contribution is -2.30. The van der Waals surface area contributed by atoms with Gasteiger partial charge in [-0.2, -0.15) is 0 Å². The van der Waals surface area contributed by atoms with Gasteiger partial charge in [-0.3, -0.25) is 0 Å². The number of nitrogens with zero attached hydrogens (tertiary/aromatic N) is 1. The van der Waals surface area contributed by atoms with Crippen LogP contribution in [0.2, 0.25) is 0 Å². The number of rotatable bonds is 2. The topological polar surface area (TPSA) is 51.2 Å². The Kier molecular flexibility index (Phi) is 1.91. The Balaban J connectivity index is 2.16. The molecule has 16 heavy (non-hydrogen) atoms. The SMILES string of the molecule is Cn1cc(C(O)C2(N)CC2)c2ccccc21. The highest BCUT2D eigenvalue weighted by molar-refractivity contribution is 5.84. The van der Waals surface area contributed by atoms with Crippen LogP contribution < -0.4 is 5.73 Å². The van der Waals surface area contributed by atoms with Gasteiger partial charge in [0.1, 0.15) is 0 Å². The second-order valence-corrected chi connectivity index (χ2v) is 4.85. The van der Waals surface area contributed by atoms with Crippen molar-refractivity contribution in [3.8, 4) is 0 Å². The predicted octanol–water partition coefficient (Wildman–Crippen LogP) is 1.70. The Bertz CT molecular complexity index is 540. The van der Waals surface area contributed by atoms with Crippen LogP contribution in [0.4, 0.5) is 0 Å². The zero-order valence-corrected chi connectivity index (χ0v) is 9.35. The zero-order valence-electron chi connectivity index (χ0n) is 9.35. The van der Waals surface area contributed by atoms with Gasteiger partial charge < -0.3 is 15.4 Å². The van der Waals surface area contributed by atoms with Crippen molar-refractivity contribution in [3.05, 3.63) is 36.0 Å². The first-order valence-electron chi connectivity index (χ1n) is 5.63. The number of aryl methyl sites for hydroxylation is 1. The van der Waals surface area contributed by atoms with Gasteiger partial charge in [-0.15, -0.1) is 0 Å². The molecule has 3 nitrogen and oxygen atoms in total. The van der Waals surface area contributed by atoms with E-state index in [1.54, 1.807) is 0 Å². The van der Waals surface area contributed by atoms with Crippen LogP contribution in [0.1, 0.15) is 24.5 Å². The van der Waals surface area contributed by atoms with E-state index in [4.69, 9.17) is 5.73 Å². The van der Waals surface area contributed by atoms with Gasteiger partial charge in [0.05, 0.1) is 6.10 Å². The number of para-hydroxylation sites is 1. The lowest BCUT2D eigenvalue weighted by Gasteiger charge is -2.16. The molecule has 0 radical (unpaired) electrons. The van der Waals surface area contributed by atoms with Gasteiger partial charge in [0.25, 0.3) is 0 Å². The van der Waals surface area contributed by atoms with Crippen LogP contribution in [-0.4, -0.2) is 15.2 Å². The van der Waals surface area contributed by atoms with E-state index in [0.29, 0.717) is 0 Å². The zero-order chi connectivity index (χ0) is 11.3. The normalized spacial score (nSPS) is 19.9. The van der Waals surface area contributed by atoms with E-state index in [-0.39, 0.29) is 5.54 Å². The highest BCUT2D eigenvalue weighted by Crippen LogP contribution is 2.45. The van der Waals surface area contributed by atoms with Crippen LogP contribution in [0.15, 0.2) is 30.5 Å². The molecule has 0 bridgehead atoms. The first-order chi connectivity index (χ1) is 7.62. The quantitative estimate of drug-likeness (QED) is 0.802. The van der Waals surface area contributed by atoms with Gasteiger partial charge in [-0.25, -0.2) is 0 Å². The van der Waals surface area contributed by atoms with Crippen LogP contribution in [0.5, 0.6) is 0 Å². The Morgan fingerprint density at radius 1 is 1.38 bits per heavy atom. The number of aliphatic hydroxyl groups is 1. The molecular weight excluding hydrogens is 200 g/mol. The van der Waals surface area contributed by atoms with Crippen molar-refractivity contribution in [2.45, 2.75) is 24.5 Å². The average molecular weight is 216 g/mol. The van der Waals surface area contributed by atoms with Gasteiger partial charge in [-0.1, -0.05) is 18.2 Å². The van der Waals surface area contributed by atoms with Crippen LogP contribution in [0.3, 0.4) is 0 Å². The molecule has 1 atom stereocenters. The molecule has 0 saturated heterocycles. The summed E-state index contributed by atoms with van der Waals surface area (Å²) in [6.45, 7) is 0. The van der Waals surface area contributed by atoms with Crippen molar-refractivity contribution in [2.24, 2.45) is 12.8 Å². The maximum atomic E-state index is 10.3. The monoisotopic (exact) mass is 216 g/mol. The number of hydrogen-bond acceptors (Lipinski definition) is 2. The first-order valence-corrected chi connectivity index (χ1v) is 5.63. The van der Waals surface area contributed by atoms with E-state index in [9.17, 15) is 5.11 Å². The Morgan fingerprint density at radius 3 is 2.75 bits per heavy atom. The van der Waals surface area contributed by atoms with Crippen molar-refractivity contribution in [2.75, 3.05) is 0 Å². The van der Waals surface area contributed by atoms with Gasteiger partial charge in [0, 0.05) is 35.2 Å². The summed E-state index contributed by atoms with van der Waals surface area (Å²) in [5, 5.41) is 11.4. The molecule has 1 aromatic heterocycles. The fraction of sp³-hybridized carbons (Fsp3) is 0.385. The fourth-order valence-electron chi connectivity index (χ4n) is 2.32. The Hall–Kier alpha value is -1.32. The smallest absolute Gasteiger partial charge is 0.0990 e. The molecule has 2 aromatic rings. The molecule has 1 fully saturated rings. The largest absolute Gasteiger partial charge is 0.386 e. The fourth-order valence-corrected chi connectivity index (χ4v) is 2.32. The van der Waals surface area contributed by atoms with Crippen molar-refractivity contribution in [1.82, 2.24) is 4.57 Å². The van der Waals surface area contributed by atoms with Crippen LogP contribution in [0, 0.1) is 0 Å². The van der Waals surface area contributed by atoms with Crippen molar-refractivity contribution in [3.63, 3.8) is 0 Å². The summed E-state index contributed by atoms with van der Waals surface area (Å²) in [5.74, 6) is 0. The summed E-state index contributed by atoms with van der Waals surface area (Å²) in [5.41, 5.74) is 7.77. The molecule has 0 aliphatic heterocycles. The van der Waals surface area contributed by atoms with Gasteiger partial charge in [0.2, 0.25) is 0 Å². The van der Waals surface area contributed by atoms with E-state index in [1.165, 1.54) is 0 Å². The summed E-state index contributed by atoms with van der Waals surface area (Å²) < 4.78 is 2.04. The summed E-state index contributed by atoms with van der Waals surface area (Å²) >= 11 is 0. The average Bonchev–Trinajstić information content (AvgIpc) is 2.96. The first kappa shape index (κ1) is 9.87. The molecule has 1 aromatic carbocycles. The standard InChI is InChI=1S/C13H16N2O/c1-15-8-10(12(16)13(14)6-7-13)9-4-2-3-5-11(9)15/h2-5,8,12,16H,6-7,14H2,1H3. The van der Waals surface area contributed by atoms with Crippen molar-refractivity contribution >= 4 is 10.9 Å². The summed E-state index contributed by atoms with van der Waals surface area (Å²) in [6.07, 6.45) is 3.27. The Labute approximate surface area is 94.5 Å². The van der Waals surface area contributed by atoms with E-state index >= 15 is 0 Å². The minimum absolute atomic E-state index is 0.385. The third-order valence-corrected chi connectivity index (χ3v) is 3.59. The Morgan fingerprint density at radius 2 is 2.06 bits per heavy atom. The van der Waals surface area contributed by atoms with Gasteiger partial charge in [0.15, 0.2) is 0 Å². The van der Waals surface area contributed by atoms with E-state index < -0.39 is 6.10 Å². The number of aliphatic hydroxyl groups excluding tert-OH is 1. The summed E-state index contributed by atoms with van der Waals surface area (Å²) in [4.78, 5) is 0. The maximum absolute atomic E-state index is 10.3. The van der Waals surface area contributed by atoms with Crippen LogP contribution in [-0.2, 0) is 7.05 Å². The van der Waals surface area contributed by atoms with E-state index in [2.05, 4.69) is 6.07 Å². The molecule has 1 aliphatic carbocycles. The number of nitrogens with two attached hydrogens (primary N) is 1. The second kappa shape index (κ2) is 3.09. The molecule has 1 heterocycles. The van der Waals surface area contributed by atoms with Crippen molar-refractivity contribution < 1.29 is 5.11 Å². The van der Waals surface area contributed by atoms with Crippen LogP contribution >= 0.6 is 0 Å². The van der Waals surface area contributed by atoms with E-state index in [0.717, 1.165) is 29.3 Å². The lowest BCUT2D eigenvalue weighted by molar-refractivity contribution is 0.137. The van der Waals surface area contributed by atoms with Crippen LogP contribution in [0.25, 0.3) is 10.9 Å². The van der Waals surface area contributed by atoms with Gasteiger partial charge in [-0.05, 0) is 18.9 Å². The molecule has 3 rings (SSSR count). The molecule has 1 unspecified atom stereocenters. The second-order valence-electron chi connectivity index (χ2n) is 4.85. The summed E-state index contributed by atoms with van der Waals surface area (Å²) in [6, 6.07) is 8.10. The molecule has 3 N–H and O–H groups in total. The number of fused-ring (bicyclic) bond motifs is 1. The maximum Gasteiger partial charge on any atom is 0.0990 e. The highest BCUT2D eigenvalue weighted by atomic mass is 16.3. The molecular formula is C13H16N2O. The van der Waals surface area contributed by atoms with Crippen molar-refractivity contribution in [1.29, 1.82) is 0 Å². The lowest BCUT2D eigenvalue weighted by atomic mass is 10.0. The molecule has 84 valence electrons. The summed E-state index contributed by atoms with van der Waals surface area (Å²) in [7, 11) is 1.99. The minimum Gasteiger partial charge on any atom is -0.386 e. The number of hydrogen-bond donors (Lipinski definition) is 2. The third-order valence-electron chi connectivity index (χ3n) is 3.59. The molecule has 1 saturated carbocycles. The third kappa shape index (κ3) is 1.29. The van der Waals surface area contributed by atoms with Gasteiger partial charge >= 0.3 is 0 Å². The van der Waals surface area contributed by atoms with E-state index in [1.807, 2.05) is 36.0 Å². The molecule has 0 amide bonds. The minimum atomic E-state index is -0.543.